The van der Waals surface area contributed by atoms with Crippen LogP contribution in [0.5, 0.6) is 0 Å². The van der Waals surface area contributed by atoms with Crippen molar-refractivity contribution in [3.63, 3.8) is 0 Å². The Labute approximate surface area is 141 Å². The lowest BCUT2D eigenvalue weighted by atomic mass is 9.73. The third-order valence-corrected chi connectivity index (χ3v) is 5.94. The van der Waals surface area contributed by atoms with E-state index in [-0.39, 0.29) is 11.9 Å². The molecule has 1 aromatic rings. The molecule has 0 bridgehead atoms. The minimum atomic E-state index is -5.43. The molecule has 130 valence electrons. The Morgan fingerprint density at radius 2 is 1.62 bits per heavy atom. The van der Waals surface area contributed by atoms with E-state index in [2.05, 4.69) is 0 Å². The van der Waals surface area contributed by atoms with Crippen LogP contribution in [0, 0.1) is 0 Å². The topological polar surface area (TPSA) is 52.6 Å². The molecule has 10 heteroatoms. The van der Waals surface area contributed by atoms with Gasteiger partial charge in [0.2, 0.25) is 0 Å². The molecule has 0 N–H and O–H groups in total. The number of hydrogen-bond donors (Lipinski definition) is 0. The van der Waals surface area contributed by atoms with Crippen molar-refractivity contribution in [1.29, 1.82) is 0 Å². The van der Waals surface area contributed by atoms with Gasteiger partial charge in [-0.15, -0.1) is 0 Å². The van der Waals surface area contributed by atoms with Crippen molar-refractivity contribution in [3.8, 4) is 0 Å². The quantitative estimate of drug-likeness (QED) is 0.774. The Hall–Kier alpha value is -0.990. The average Bonchev–Trinajstić information content (AvgIpc) is 2.65. The number of halogens is 3. The number of sulfone groups is 1. The molecule has 4 nitrogen and oxygen atoms in total. The van der Waals surface area contributed by atoms with Gasteiger partial charge >= 0.3 is 12.6 Å². The molecule has 1 aliphatic rings. The van der Waals surface area contributed by atoms with Gasteiger partial charge in [0.25, 0.3) is 9.84 Å². The van der Waals surface area contributed by atoms with Gasteiger partial charge in [-0.05, 0) is 45.3 Å². The third kappa shape index (κ3) is 3.11. The van der Waals surface area contributed by atoms with E-state index in [0.717, 1.165) is 12.1 Å². The highest BCUT2D eigenvalue weighted by Gasteiger charge is 2.52. The highest BCUT2D eigenvalue weighted by molar-refractivity contribution is 7.92. The SMILES string of the molecule is [B]Cc1cc(S(=O)(=O)C(F)(F)F)ccc1B1OC(C)(C)C(C)(C)O1. The van der Waals surface area contributed by atoms with E-state index >= 15 is 0 Å². The molecule has 2 rings (SSSR count). The second kappa shape index (κ2) is 5.78. The lowest BCUT2D eigenvalue weighted by molar-refractivity contribution is -0.0436. The number of alkyl halides is 3. The highest BCUT2D eigenvalue weighted by Crippen LogP contribution is 2.37. The lowest BCUT2D eigenvalue weighted by Gasteiger charge is -2.32. The van der Waals surface area contributed by atoms with E-state index in [1.807, 2.05) is 27.7 Å². The van der Waals surface area contributed by atoms with Gasteiger partial charge in [0.1, 0.15) is 0 Å². The van der Waals surface area contributed by atoms with E-state index in [9.17, 15) is 21.6 Å². The van der Waals surface area contributed by atoms with Crippen LogP contribution in [0.4, 0.5) is 13.2 Å². The minimum absolute atomic E-state index is 0.152. The summed E-state index contributed by atoms with van der Waals surface area (Å²) in [6.45, 7) is 7.32. The molecule has 0 spiro atoms. The summed E-state index contributed by atoms with van der Waals surface area (Å²) in [4.78, 5) is -0.851. The first-order valence-corrected chi connectivity index (χ1v) is 8.71. The molecule has 1 aliphatic heterocycles. The maximum atomic E-state index is 12.7. The highest BCUT2D eigenvalue weighted by atomic mass is 32.2. The zero-order chi connectivity index (χ0) is 18.6. The van der Waals surface area contributed by atoms with Crippen LogP contribution in [0.3, 0.4) is 0 Å². The first-order valence-electron chi connectivity index (χ1n) is 7.23. The van der Waals surface area contributed by atoms with Crippen LogP contribution in [0.1, 0.15) is 33.3 Å². The van der Waals surface area contributed by atoms with Crippen molar-refractivity contribution in [1.82, 2.24) is 0 Å². The van der Waals surface area contributed by atoms with Crippen LogP contribution in [-0.4, -0.2) is 40.1 Å². The lowest BCUT2D eigenvalue weighted by Crippen LogP contribution is -2.41. The summed E-state index contributed by atoms with van der Waals surface area (Å²) in [7, 11) is -0.682. The summed E-state index contributed by atoms with van der Waals surface area (Å²) in [6.07, 6.45) is -0.152. The van der Waals surface area contributed by atoms with E-state index in [1.54, 1.807) is 0 Å². The first-order chi connectivity index (χ1) is 10.7. The molecule has 1 fully saturated rings. The standard InChI is InChI=1S/C14H17B2F3O4S/c1-12(2)13(3,4)23-16(22-12)11-6-5-10(7-9(11)8-15)24(20,21)14(17,18)19/h5-7H,8H2,1-4H3. The van der Waals surface area contributed by atoms with Gasteiger partial charge < -0.3 is 9.31 Å². The van der Waals surface area contributed by atoms with Gasteiger partial charge in [-0.25, -0.2) is 8.42 Å². The molecule has 0 saturated carbocycles. The molecule has 0 atom stereocenters. The van der Waals surface area contributed by atoms with Crippen molar-refractivity contribution >= 4 is 30.3 Å². The molecule has 0 aliphatic carbocycles. The second-order valence-electron chi connectivity index (χ2n) is 6.60. The zero-order valence-electron chi connectivity index (χ0n) is 13.8. The Kier molecular flexibility index (Phi) is 4.65. The van der Waals surface area contributed by atoms with Crippen molar-refractivity contribution < 1.29 is 30.9 Å². The summed E-state index contributed by atoms with van der Waals surface area (Å²) in [5.41, 5.74) is -6.01. The molecule has 24 heavy (non-hydrogen) atoms. The molecule has 2 radical (unpaired) electrons. The van der Waals surface area contributed by atoms with E-state index < -0.39 is 38.6 Å². The van der Waals surface area contributed by atoms with Gasteiger partial charge in [-0.2, -0.15) is 13.2 Å². The van der Waals surface area contributed by atoms with Gasteiger partial charge in [0.05, 0.1) is 23.9 Å². The summed E-state index contributed by atoms with van der Waals surface area (Å²) >= 11 is 0. The average molecular weight is 360 g/mol. The predicted octanol–water partition coefficient (Wildman–Crippen LogP) is 1.95. The van der Waals surface area contributed by atoms with E-state index in [0.29, 0.717) is 5.46 Å². The molecular formula is C14H17B2F3O4S. The fraction of sp³-hybridized carbons (Fsp3) is 0.571. The smallest absolute Gasteiger partial charge is 0.399 e. The van der Waals surface area contributed by atoms with Crippen LogP contribution >= 0.6 is 0 Å². The maximum absolute atomic E-state index is 12.7. The van der Waals surface area contributed by atoms with Crippen molar-refractivity contribution in [2.45, 2.75) is 55.6 Å². The van der Waals surface area contributed by atoms with Crippen LogP contribution < -0.4 is 5.46 Å². The van der Waals surface area contributed by atoms with Gasteiger partial charge in [-0.3, -0.25) is 0 Å². The fourth-order valence-corrected chi connectivity index (χ4v) is 3.07. The molecule has 1 saturated heterocycles. The van der Waals surface area contributed by atoms with E-state index in [1.165, 1.54) is 6.07 Å². The molecule has 0 unspecified atom stereocenters. The normalized spacial score (nSPS) is 20.4. The Morgan fingerprint density at radius 1 is 1.12 bits per heavy atom. The van der Waals surface area contributed by atoms with Gasteiger partial charge in [0.15, 0.2) is 0 Å². The Balaban J connectivity index is 2.46. The zero-order valence-corrected chi connectivity index (χ0v) is 14.6. The summed E-state index contributed by atoms with van der Waals surface area (Å²) in [6, 6.07) is 3.06. The summed E-state index contributed by atoms with van der Waals surface area (Å²) in [5.74, 6) is 0. The number of rotatable bonds is 3. The minimum Gasteiger partial charge on any atom is -0.399 e. The Morgan fingerprint density at radius 3 is 2.04 bits per heavy atom. The van der Waals surface area contributed by atoms with Gasteiger partial charge in [0, 0.05) is 0 Å². The van der Waals surface area contributed by atoms with Crippen molar-refractivity contribution in [2.24, 2.45) is 0 Å². The summed E-state index contributed by atoms with van der Waals surface area (Å²) in [5, 5.41) is 0. The number of benzene rings is 1. The van der Waals surface area contributed by atoms with Crippen LogP contribution in [0.15, 0.2) is 23.1 Å². The monoisotopic (exact) mass is 360 g/mol. The fourth-order valence-electron chi connectivity index (χ4n) is 2.26. The second-order valence-corrected chi connectivity index (χ2v) is 8.54. The van der Waals surface area contributed by atoms with Crippen LogP contribution in [0.25, 0.3) is 0 Å². The Bertz CT molecular complexity index is 729. The van der Waals surface area contributed by atoms with Crippen molar-refractivity contribution in [2.75, 3.05) is 0 Å². The van der Waals surface area contributed by atoms with Crippen LogP contribution in [0.2, 0.25) is 0 Å². The number of hydrogen-bond acceptors (Lipinski definition) is 4. The molecule has 0 aromatic heterocycles. The van der Waals surface area contributed by atoms with Crippen molar-refractivity contribution in [3.05, 3.63) is 23.8 Å². The molecular weight excluding hydrogens is 343 g/mol. The first kappa shape index (κ1) is 19.3. The molecule has 1 aromatic carbocycles. The van der Waals surface area contributed by atoms with Gasteiger partial charge in [-0.1, -0.05) is 17.9 Å². The predicted molar refractivity (Wildman–Crippen MR) is 84.9 cm³/mol. The summed E-state index contributed by atoms with van der Waals surface area (Å²) < 4.78 is 72.8. The van der Waals surface area contributed by atoms with Crippen LogP contribution in [-0.2, 0) is 25.5 Å². The largest absolute Gasteiger partial charge is 0.501 e. The third-order valence-electron chi connectivity index (χ3n) is 4.46. The molecule has 1 heterocycles. The van der Waals surface area contributed by atoms with E-state index in [4.69, 9.17) is 17.2 Å². The maximum Gasteiger partial charge on any atom is 0.501 e. The molecule has 0 amide bonds.